The fourth-order valence-corrected chi connectivity index (χ4v) is 3.20. The summed E-state index contributed by atoms with van der Waals surface area (Å²) in [5.41, 5.74) is 0. The van der Waals surface area contributed by atoms with E-state index in [1.165, 1.54) is 0 Å². The lowest BCUT2D eigenvalue weighted by Gasteiger charge is -2.22. The molecule has 0 radical (unpaired) electrons. The molecule has 1 amide bonds. The smallest absolute Gasteiger partial charge is 0.226 e. The lowest BCUT2D eigenvalue weighted by Crippen LogP contribution is -2.42. The molecular formula is C15H23N3O3. The Morgan fingerprint density at radius 3 is 2.95 bits per heavy atom. The van der Waals surface area contributed by atoms with E-state index in [2.05, 4.69) is 21.8 Å². The summed E-state index contributed by atoms with van der Waals surface area (Å²) in [5, 5.41) is 3.14. The summed E-state index contributed by atoms with van der Waals surface area (Å²) < 4.78 is 13.4. The Balaban J connectivity index is 1.68. The molecule has 0 spiro atoms. The zero-order valence-electron chi connectivity index (χ0n) is 12.6. The minimum atomic E-state index is -0.151. The number of carbonyl (C=O) groups is 1. The standard InChI is InChI=1S/C15H23N3O3/c1-3-18-7-6-16-14(18)13-12(5-9-21-13)17-15(19)11-4-8-20-10(11)2/h6-7,10-13H,3-5,8-9H2,1-2H3,(H,17,19)/t10?,11?,12-,13-/m0/s1. The van der Waals surface area contributed by atoms with E-state index in [-0.39, 0.29) is 30.1 Å². The topological polar surface area (TPSA) is 65.4 Å². The quantitative estimate of drug-likeness (QED) is 0.908. The number of nitrogens with one attached hydrogen (secondary N) is 1. The Morgan fingerprint density at radius 1 is 1.43 bits per heavy atom. The number of hydrogen-bond donors (Lipinski definition) is 1. The molecule has 2 aliphatic heterocycles. The number of imidazole rings is 1. The van der Waals surface area contributed by atoms with E-state index in [1.54, 1.807) is 6.20 Å². The highest BCUT2D eigenvalue weighted by Gasteiger charge is 2.37. The Labute approximate surface area is 124 Å². The van der Waals surface area contributed by atoms with Crippen LogP contribution in [0.4, 0.5) is 0 Å². The lowest BCUT2D eigenvalue weighted by molar-refractivity contribution is -0.127. The Kier molecular flexibility index (Phi) is 4.26. The second kappa shape index (κ2) is 6.15. The molecule has 0 aliphatic carbocycles. The van der Waals surface area contributed by atoms with E-state index < -0.39 is 0 Å². The van der Waals surface area contributed by atoms with E-state index in [0.29, 0.717) is 13.2 Å². The molecule has 2 saturated heterocycles. The van der Waals surface area contributed by atoms with E-state index in [1.807, 2.05) is 13.1 Å². The van der Waals surface area contributed by atoms with Gasteiger partial charge in [0.15, 0.2) is 0 Å². The number of amides is 1. The first kappa shape index (κ1) is 14.5. The summed E-state index contributed by atoms with van der Waals surface area (Å²) in [6.45, 7) is 6.21. The molecule has 1 aromatic rings. The van der Waals surface area contributed by atoms with Crippen LogP contribution in [0.3, 0.4) is 0 Å². The molecule has 1 N–H and O–H groups in total. The highest BCUT2D eigenvalue weighted by Crippen LogP contribution is 2.29. The highest BCUT2D eigenvalue weighted by atomic mass is 16.5. The molecule has 21 heavy (non-hydrogen) atoms. The summed E-state index contributed by atoms with van der Waals surface area (Å²) in [6, 6.07) is -0.00185. The molecule has 6 nitrogen and oxygen atoms in total. The van der Waals surface area contributed by atoms with Gasteiger partial charge in [0.25, 0.3) is 0 Å². The number of aromatic nitrogens is 2. The van der Waals surface area contributed by atoms with E-state index in [4.69, 9.17) is 9.47 Å². The monoisotopic (exact) mass is 293 g/mol. The molecule has 4 atom stereocenters. The maximum Gasteiger partial charge on any atom is 0.226 e. The van der Waals surface area contributed by atoms with Crippen LogP contribution < -0.4 is 5.32 Å². The summed E-state index contributed by atoms with van der Waals surface area (Å²) in [5.74, 6) is 0.934. The minimum Gasteiger partial charge on any atom is -0.378 e. The Bertz CT molecular complexity index is 502. The molecule has 116 valence electrons. The second-order valence-corrected chi connectivity index (χ2v) is 5.74. The van der Waals surface area contributed by atoms with E-state index in [9.17, 15) is 4.79 Å². The summed E-state index contributed by atoms with van der Waals surface area (Å²) >= 11 is 0. The number of aryl methyl sites for hydroxylation is 1. The van der Waals surface area contributed by atoms with Crippen molar-refractivity contribution in [2.75, 3.05) is 13.2 Å². The summed E-state index contributed by atoms with van der Waals surface area (Å²) in [7, 11) is 0. The molecule has 0 aromatic carbocycles. The first-order valence-corrected chi connectivity index (χ1v) is 7.75. The fourth-order valence-electron chi connectivity index (χ4n) is 3.20. The molecule has 6 heteroatoms. The van der Waals surface area contributed by atoms with E-state index >= 15 is 0 Å². The lowest BCUT2D eigenvalue weighted by atomic mass is 10.0. The van der Waals surface area contributed by atoms with Gasteiger partial charge in [-0.05, 0) is 26.7 Å². The van der Waals surface area contributed by atoms with Crippen LogP contribution in [-0.4, -0.2) is 40.8 Å². The molecule has 0 bridgehead atoms. The molecular weight excluding hydrogens is 270 g/mol. The van der Waals surface area contributed by atoms with Crippen molar-refractivity contribution < 1.29 is 14.3 Å². The van der Waals surface area contributed by atoms with Gasteiger partial charge in [-0.2, -0.15) is 0 Å². The number of carbonyl (C=O) groups excluding carboxylic acids is 1. The molecule has 2 fully saturated rings. The zero-order valence-corrected chi connectivity index (χ0v) is 12.6. The van der Waals surface area contributed by atoms with Gasteiger partial charge < -0.3 is 19.4 Å². The van der Waals surface area contributed by atoms with Crippen LogP contribution in [0, 0.1) is 5.92 Å². The number of ether oxygens (including phenoxy) is 2. The predicted octanol–water partition coefficient (Wildman–Crippen LogP) is 1.27. The van der Waals surface area contributed by atoms with Crippen LogP contribution in [0.1, 0.15) is 38.6 Å². The fraction of sp³-hybridized carbons (Fsp3) is 0.733. The van der Waals surface area contributed by atoms with Gasteiger partial charge in [-0.15, -0.1) is 0 Å². The first-order chi connectivity index (χ1) is 10.2. The molecule has 0 saturated carbocycles. The van der Waals surface area contributed by atoms with Crippen molar-refractivity contribution in [3.63, 3.8) is 0 Å². The summed E-state index contributed by atoms with van der Waals surface area (Å²) in [4.78, 5) is 16.8. The molecule has 2 unspecified atom stereocenters. The minimum absolute atomic E-state index is 0.00185. The average Bonchev–Trinajstić information content (AvgIpc) is 3.17. The van der Waals surface area contributed by atoms with Crippen molar-refractivity contribution in [3.8, 4) is 0 Å². The van der Waals surface area contributed by atoms with Crippen molar-refractivity contribution in [2.24, 2.45) is 5.92 Å². The average molecular weight is 293 g/mol. The zero-order chi connectivity index (χ0) is 14.8. The molecule has 1 aromatic heterocycles. The molecule has 3 heterocycles. The van der Waals surface area contributed by atoms with Crippen molar-refractivity contribution in [1.29, 1.82) is 0 Å². The van der Waals surface area contributed by atoms with Gasteiger partial charge in [-0.25, -0.2) is 4.98 Å². The van der Waals surface area contributed by atoms with Gasteiger partial charge in [0, 0.05) is 32.2 Å². The van der Waals surface area contributed by atoms with Gasteiger partial charge >= 0.3 is 0 Å². The van der Waals surface area contributed by atoms with Crippen molar-refractivity contribution >= 4 is 5.91 Å². The van der Waals surface area contributed by atoms with E-state index in [0.717, 1.165) is 25.2 Å². The number of rotatable bonds is 4. The third-order valence-electron chi connectivity index (χ3n) is 4.48. The molecule has 3 rings (SSSR count). The normalized spacial score (nSPS) is 32.5. The van der Waals surface area contributed by atoms with Crippen molar-refractivity contribution in [2.45, 2.75) is 51.5 Å². The Hall–Kier alpha value is -1.40. The second-order valence-electron chi connectivity index (χ2n) is 5.74. The highest BCUT2D eigenvalue weighted by molar-refractivity contribution is 5.79. The van der Waals surface area contributed by atoms with Gasteiger partial charge in [0.05, 0.1) is 18.1 Å². The van der Waals surface area contributed by atoms with Crippen molar-refractivity contribution in [1.82, 2.24) is 14.9 Å². The third kappa shape index (κ3) is 2.82. The molecule has 2 aliphatic rings. The van der Waals surface area contributed by atoms with Crippen LogP contribution in [0.15, 0.2) is 12.4 Å². The number of nitrogens with zero attached hydrogens (tertiary/aromatic N) is 2. The maximum absolute atomic E-state index is 12.4. The van der Waals surface area contributed by atoms with Gasteiger partial charge in [0.1, 0.15) is 11.9 Å². The van der Waals surface area contributed by atoms with Crippen LogP contribution in [0.25, 0.3) is 0 Å². The Morgan fingerprint density at radius 2 is 2.24 bits per heavy atom. The first-order valence-electron chi connectivity index (χ1n) is 7.75. The van der Waals surface area contributed by atoms with Gasteiger partial charge in [0.2, 0.25) is 5.91 Å². The summed E-state index contributed by atoms with van der Waals surface area (Å²) in [6.07, 6.45) is 5.21. The largest absolute Gasteiger partial charge is 0.378 e. The van der Waals surface area contributed by atoms with Crippen molar-refractivity contribution in [3.05, 3.63) is 18.2 Å². The van der Waals surface area contributed by atoms with Crippen LogP contribution >= 0.6 is 0 Å². The SMILES string of the molecule is CCn1ccnc1[C@H]1OCC[C@@H]1NC(=O)C1CCOC1C. The van der Waals surface area contributed by atoms with Crippen LogP contribution in [-0.2, 0) is 20.8 Å². The van der Waals surface area contributed by atoms with Crippen LogP contribution in [0.5, 0.6) is 0 Å². The third-order valence-corrected chi connectivity index (χ3v) is 4.48. The van der Waals surface area contributed by atoms with Gasteiger partial charge in [-0.3, -0.25) is 4.79 Å². The predicted molar refractivity (Wildman–Crippen MR) is 76.7 cm³/mol. The van der Waals surface area contributed by atoms with Gasteiger partial charge in [-0.1, -0.05) is 0 Å². The number of hydrogen-bond acceptors (Lipinski definition) is 4. The van der Waals surface area contributed by atoms with Crippen LogP contribution in [0.2, 0.25) is 0 Å². The maximum atomic E-state index is 12.4.